The van der Waals surface area contributed by atoms with Crippen LogP contribution in [0.1, 0.15) is 65.2 Å². The van der Waals surface area contributed by atoms with E-state index in [1.807, 2.05) is 13.8 Å². The zero-order valence-corrected chi connectivity index (χ0v) is 11.8. The molecule has 0 radical (unpaired) electrons. The molecular weight excluding hydrogens is 214 g/mol. The van der Waals surface area contributed by atoms with Crippen LogP contribution in [0.25, 0.3) is 0 Å². The highest BCUT2D eigenvalue weighted by atomic mass is 16.5. The standard InChI is InChI=1S/C14H29NO2/c1-14(2,13(16)17-3)11-9-7-5-4-6-8-10-12-15/h4-12,15H2,1-3H3. The largest absolute Gasteiger partial charge is 0.469 e. The minimum absolute atomic E-state index is 0.0968. The molecule has 0 atom stereocenters. The molecule has 17 heavy (non-hydrogen) atoms. The van der Waals surface area contributed by atoms with Gasteiger partial charge in [-0.2, -0.15) is 0 Å². The molecule has 3 heteroatoms. The van der Waals surface area contributed by atoms with Gasteiger partial charge in [0.1, 0.15) is 0 Å². The van der Waals surface area contributed by atoms with Gasteiger partial charge in [-0.25, -0.2) is 0 Å². The van der Waals surface area contributed by atoms with E-state index in [4.69, 9.17) is 10.5 Å². The van der Waals surface area contributed by atoms with Crippen LogP contribution >= 0.6 is 0 Å². The molecule has 0 spiro atoms. The van der Waals surface area contributed by atoms with E-state index in [9.17, 15) is 4.79 Å². The van der Waals surface area contributed by atoms with Crippen molar-refractivity contribution < 1.29 is 9.53 Å². The molecule has 0 saturated carbocycles. The predicted octanol–water partition coefficient (Wildman–Crippen LogP) is 3.27. The van der Waals surface area contributed by atoms with Crippen LogP contribution in [0.2, 0.25) is 0 Å². The Labute approximate surface area is 106 Å². The number of methoxy groups -OCH3 is 1. The fourth-order valence-corrected chi connectivity index (χ4v) is 1.97. The molecule has 0 amide bonds. The first-order valence-electron chi connectivity index (χ1n) is 6.83. The minimum atomic E-state index is -0.325. The molecule has 0 aliphatic rings. The number of hydrogen-bond donors (Lipinski definition) is 1. The molecule has 0 fully saturated rings. The van der Waals surface area contributed by atoms with Gasteiger partial charge in [0.25, 0.3) is 0 Å². The van der Waals surface area contributed by atoms with Gasteiger partial charge in [0.05, 0.1) is 12.5 Å². The highest BCUT2D eigenvalue weighted by molar-refractivity contribution is 5.75. The molecule has 0 aromatic rings. The molecule has 0 heterocycles. The molecule has 0 bridgehead atoms. The molecule has 0 aliphatic carbocycles. The molecule has 102 valence electrons. The van der Waals surface area contributed by atoms with Crippen LogP contribution in [0.5, 0.6) is 0 Å². The van der Waals surface area contributed by atoms with Crippen molar-refractivity contribution in [1.29, 1.82) is 0 Å². The van der Waals surface area contributed by atoms with Crippen molar-refractivity contribution in [2.45, 2.75) is 65.2 Å². The monoisotopic (exact) mass is 243 g/mol. The van der Waals surface area contributed by atoms with Crippen molar-refractivity contribution in [3.8, 4) is 0 Å². The van der Waals surface area contributed by atoms with Crippen LogP contribution in [0.4, 0.5) is 0 Å². The first-order valence-corrected chi connectivity index (χ1v) is 6.83. The second-order valence-corrected chi connectivity index (χ2v) is 5.39. The molecule has 2 N–H and O–H groups in total. The van der Waals surface area contributed by atoms with Crippen molar-refractivity contribution in [3.63, 3.8) is 0 Å². The normalized spacial score (nSPS) is 11.5. The molecule has 0 aromatic carbocycles. The number of hydrogen-bond acceptors (Lipinski definition) is 3. The van der Waals surface area contributed by atoms with Gasteiger partial charge in [0.15, 0.2) is 0 Å². The topological polar surface area (TPSA) is 52.3 Å². The van der Waals surface area contributed by atoms with Gasteiger partial charge in [0.2, 0.25) is 0 Å². The summed E-state index contributed by atoms with van der Waals surface area (Å²) in [5.41, 5.74) is 5.11. The van der Waals surface area contributed by atoms with E-state index in [0.717, 1.165) is 25.8 Å². The van der Waals surface area contributed by atoms with Gasteiger partial charge in [-0.1, -0.05) is 38.5 Å². The Hall–Kier alpha value is -0.570. The lowest BCUT2D eigenvalue weighted by Gasteiger charge is -2.20. The van der Waals surface area contributed by atoms with Gasteiger partial charge in [0, 0.05) is 0 Å². The third-order valence-corrected chi connectivity index (χ3v) is 3.24. The van der Waals surface area contributed by atoms with Crippen LogP contribution in [-0.4, -0.2) is 19.6 Å². The lowest BCUT2D eigenvalue weighted by atomic mass is 9.87. The van der Waals surface area contributed by atoms with E-state index in [1.54, 1.807) is 0 Å². The van der Waals surface area contributed by atoms with E-state index in [-0.39, 0.29) is 11.4 Å². The van der Waals surface area contributed by atoms with Crippen molar-refractivity contribution in [2.75, 3.05) is 13.7 Å². The Morgan fingerprint density at radius 1 is 1.00 bits per heavy atom. The number of esters is 1. The van der Waals surface area contributed by atoms with E-state index >= 15 is 0 Å². The van der Waals surface area contributed by atoms with Gasteiger partial charge in [-0.15, -0.1) is 0 Å². The highest BCUT2D eigenvalue weighted by Crippen LogP contribution is 2.25. The van der Waals surface area contributed by atoms with E-state index in [2.05, 4.69) is 0 Å². The summed E-state index contributed by atoms with van der Waals surface area (Å²) in [6.07, 6.45) is 9.49. The summed E-state index contributed by atoms with van der Waals surface area (Å²) in [6, 6.07) is 0. The van der Waals surface area contributed by atoms with E-state index in [1.165, 1.54) is 39.2 Å². The van der Waals surface area contributed by atoms with Crippen molar-refractivity contribution in [2.24, 2.45) is 11.1 Å². The van der Waals surface area contributed by atoms with Crippen LogP contribution in [0.3, 0.4) is 0 Å². The van der Waals surface area contributed by atoms with Crippen LogP contribution in [0.15, 0.2) is 0 Å². The smallest absolute Gasteiger partial charge is 0.311 e. The van der Waals surface area contributed by atoms with Crippen molar-refractivity contribution in [3.05, 3.63) is 0 Å². The van der Waals surface area contributed by atoms with Crippen molar-refractivity contribution >= 4 is 5.97 Å². The highest BCUT2D eigenvalue weighted by Gasteiger charge is 2.27. The zero-order valence-electron chi connectivity index (χ0n) is 11.8. The lowest BCUT2D eigenvalue weighted by Crippen LogP contribution is -2.25. The second-order valence-electron chi connectivity index (χ2n) is 5.39. The fraction of sp³-hybridized carbons (Fsp3) is 0.929. The SMILES string of the molecule is COC(=O)C(C)(C)CCCCCCCCCN. The summed E-state index contributed by atoms with van der Waals surface area (Å²) >= 11 is 0. The summed E-state index contributed by atoms with van der Waals surface area (Å²) in [7, 11) is 1.46. The number of carbonyl (C=O) groups excluding carboxylic acids is 1. The Morgan fingerprint density at radius 3 is 1.94 bits per heavy atom. The van der Waals surface area contributed by atoms with Crippen LogP contribution in [0, 0.1) is 5.41 Å². The molecular formula is C14H29NO2. The summed E-state index contributed by atoms with van der Waals surface area (Å²) < 4.78 is 4.79. The third-order valence-electron chi connectivity index (χ3n) is 3.24. The number of unbranched alkanes of at least 4 members (excludes halogenated alkanes) is 6. The Balaban J connectivity index is 3.42. The number of carbonyl (C=O) groups is 1. The molecule has 0 saturated heterocycles. The Morgan fingerprint density at radius 2 is 1.47 bits per heavy atom. The first kappa shape index (κ1) is 16.4. The predicted molar refractivity (Wildman–Crippen MR) is 71.8 cm³/mol. The van der Waals surface area contributed by atoms with Gasteiger partial charge in [-0.3, -0.25) is 4.79 Å². The minimum Gasteiger partial charge on any atom is -0.469 e. The van der Waals surface area contributed by atoms with Gasteiger partial charge in [-0.05, 0) is 33.2 Å². The first-order chi connectivity index (χ1) is 8.04. The van der Waals surface area contributed by atoms with E-state index < -0.39 is 0 Å². The number of rotatable bonds is 10. The maximum Gasteiger partial charge on any atom is 0.311 e. The molecule has 3 nitrogen and oxygen atoms in total. The molecule has 0 aliphatic heterocycles. The summed E-state index contributed by atoms with van der Waals surface area (Å²) in [4.78, 5) is 11.4. The average Bonchev–Trinajstić information content (AvgIpc) is 2.31. The molecule has 0 rings (SSSR count). The van der Waals surface area contributed by atoms with Gasteiger partial charge < -0.3 is 10.5 Å². The molecule has 0 aromatic heterocycles. The summed E-state index contributed by atoms with van der Waals surface area (Å²) in [5, 5.41) is 0. The molecule has 0 unspecified atom stereocenters. The second kappa shape index (κ2) is 9.46. The summed E-state index contributed by atoms with van der Waals surface area (Å²) in [5.74, 6) is -0.0968. The zero-order chi connectivity index (χ0) is 13.1. The van der Waals surface area contributed by atoms with Crippen LogP contribution < -0.4 is 5.73 Å². The van der Waals surface area contributed by atoms with Gasteiger partial charge >= 0.3 is 5.97 Å². The Bertz CT molecular complexity index is 202. The van der Waals surface area contributed by atoms with E-state index in [0.29, 0.717) is 0 Å². The number of nitrogens with two attached hydrogens (primary N) is 1. The van der Waals surface area contributed by atoms with Crippen LogP contribution in [-0.2, 0) is 9.53 Å². The third kappa shape index (κ3) is 8.19. The number of ether oxygens (including phenoxy) is 1. The average molecular weight is 243 g/mol. The van der Waals surface area contributed by atoms with Crippen molar-refractivity contribution in [1.82, 2.24) is 0 Å². The maximum atomic E-state index is 11.4. The fourth-order valence-electron chi connectivity index (χ4n) is 1.97. The lowest BCUT2D eigenvalue weighted by molar-refractivity contribution is -0.151. The Kier molecular flexibility index (Phi) is 9.14. The quantitative estimate of drug-likeness (QED) is 0.473. The summed E-state index contributed by atoms with van der Waals surface area (Å²) in [6.45, 7) is 4.73. The maximum absolute atomic E-state index is 11.4.